The largest absolute Gasteiger partial charge is 0.486 e. The molecule has 0 N–H and O–H groups in total. The normalized spacial score (nSPS) is 11.2. The van der Waals surface area contributed by atoms with Gasteiger partial charge in [-0.3, -0.25) is 4.98 Å². The van der Waals surface area contributed by atoms with E-state index in [2.05, 4.69) is 18.5 Å². The van der Waals surface area contributed by atoms with Gasteiger partial charge in [0.2, 0.25) is 0 Å². The van der Waals surface area contributed by atoms with Gasteiger partial charge in [-0.1, -0.05) is 43.7 Å². The van der Waals surface area contributed by atoms with Crippen LogP contribution >= 0.6 is 11.6 Å². The lowest BCUT2D eigenvalue weighted by molar-refractivity contribution is 0.207. The highest BCUT2D eigenvalue weighted by Crippen LogP contribution is 2.16. The average Bonchev–Trinajstić information content (AvgIpc) is 2.34. The van der Waals surface area contributed by atoms with Crippen molar-refractivity contribution in [2.24, 2.45) is 0 Å². The molecule has 1 heterocycles. The predicted molar refractivity (Wildman–Crippen MR) is 67.0 cm³/mol. The second-order valence-corrected chi connectivity index (χ2v) is 3.78. The molecular weight excluding hydrogens is 222 g/mol. The first-order chi connectivity index (χ1) is 7.74. The van der Waals surface area contributed by atoms with Gasteiger partial charge in [0.15, 0.2) is 0 Å². The molecule has 0 bridgehead atoms. The van der Waals surface area contributed by atoms with Gasteiger partial charge in [0.1, 0.15) is 12.4 Å². The zero-order valence-corrected chi connectivity index (χ0v) is 10.2. The zero-order chi connectivity index (χ0) is 11.8. The molecule has 0 unspecified atom stereocenters. The smallest absolute Gasteiger partial charge is 0.131 e. The van der Waals surface area contributed by atoms with Crippen LogP contribution in [-0.4, -0.2) is 4.98 Å². The Bertz CT molecular complexity index is 359. The highest BCUT2D eigenvalue weighted by Gasteiger charge is 2.01. The quantitative estimate of drug-likeness (QED) is 0.550. The fraction of sp³-hybridized carbons (Fsp3) is 0.308. The summed E-state index contributed by atoms with van der Waals surface area (Å²) in [6.07, 6.45) is 5.65. The van der Waals surface area contributed by atoms with E-state index in [1.807, 2.05) is 24.3 Å². The summed E-state index contributed by atoms with van der Waals surface area (Å²) in [6.45, 7) is 6.27. The summed E-state index contributed by atoms with van der Waals surface area (Å²) in [6, 6.07) is 5.69. The van der Waals surface area contributed by atoms with E-state index in [0.29, 0.717) is 17.4 Å². The number of rotatable bonds is 6. The predicted octanol–water partition coefficient (Wildman–Crippen LogP) is 4.03. The molecule has 0 radical (unpaired) electrons. The molecule has 0 aliphatic heterocycles. The average molecular weight is 238 g/mol. The molecule has 0 spiro atoms. The van der Waals surface area contributed by atoms with Gasteiger partial charge in [0.05, 0.1) is 10.7 Å². The van der Waals surface area contributed by atoms with Crippen LogP contribution in [0.2, 0.25) is 0 Å². The number of pyridine rings is 1. The number of allylic oxidation sites excluding steroid dienone is 2. The lowest BCUT2D eigenvalue weighted by atomic mass is 10.3. The summed E-state index contributed by atoms with van der Waals surface area (Å²) < 4.78 is 5.43. The minimum atomic E-state index is 0.399. The molecule has 0 amide bonds. The van der Waals surface area contributed by atoms with E-state index in [0.717, 1.165) is 18.5 Å². The SMILES string of the molecule is C=C(OCc1ccccn1)/C(Cl)=C\CCC. The second-order valence-electron chi connectivity index (χ2n) is 3.37. The Kier molecular flexibility index (Phi) is 5.65. The number of ether oxygens (including phenoxy) is 1. The first-order valence-corrected chi connectivity index (χ1v) is 5.69. The third-order valence-electron chi connectivity index (χ3n) is 2.00. The van der Waals surface area contributed by atoms with Crippen LogP contribution in [0.15, 0.2) is 47.8 Å². The topological polar surface area (TPSA) is 22.1 Å². The van der Waals surface area contributed by atoms with Crippen LogP contribution in [0.5, 0.6) is 0 Å². The van der Waals surface area contributed by atoms with Crippen molar-refractivity contribution in [3.8, 4) is 0 Å². The fourth-order valence-corrected chi connectivity index (χ4v) is 1.26. The highest BCUT2D eigenvalue weighted by atomic mass is 35.5. The van der Waals surface area contributed by atoms with E-state index in [4.69, 9.17) is 16.3 Å². The van der Waals surface area contributed by atoms with Crippen LogP contribution in [0.25, 0.3) is 0 Å². The van der Waals surface area contributed by atoms with Crippen LogP contribution in [0.1, 0.15) is 25.5 Å². The molecule has 86 valence electrons. The van der Waals surface area contributed by atoms with E-state index >= 15 is 0 Å². The number of aromatic nitrogens is 1. The van der Waals surface area contributed by atoms with Crippen LogP contribution in [0, 0.1) is 0 Å². The van der Waals surface area contributed by atoms with Crippen LogP contribution < -0.4 is 0 Å². The van der Waals surface area contributed by atoms with Gasteiger partial charge in [0, 0.05) is 6.20 Å². The molecular formula is C13H16ClNO. The third kappa shape index (κ3) is 4.49. The maximum Gasteiger partial charge on any atom is 0.131 e. The fourth-order valence-electron chi connectivity index (χ4n) is 1.10. The number of halogens is 1. The third-order valence-corrected chi connectivity index (χ3v) is 2.36. The second kappa shape index (κ2) is 7.07. The van der Waals surface area contributed by atoms with Gasteiger partial charge in [-0.05, 0) is 18.6 Å². The highest BCUT2D eigenvalue weighted by molar-refractivity contribution is 6.31. The number of nitrogens with zero attached hydrogens (tertiary/aromatic N) is 1. The van der Waals surface area contributed by atoms with Gasteiger partial charge < -0.3 is 4.74 Å². The van der Waals surface area contributed by atoms with Crippen LogP contribution in [0.3, 0.4) is 0 Å². The van der Waals surface area contributed by atoms with Crippen LogP contribution in [-0.2, 0) is 11.3 Å². The molecule has 3 heteroatoms. The number of hydrogen-bond acceptors (Lipinski definition) is 2. The molecule has 0 saturated heterocycles. The maximum absolute atomic E-state index is 5.99. The molecule has 0 atom stereocenters. The Balaban J connectivity index is 2.41. The van der Waals surface area contributed by atoms with Crippen molar-refractivity contribution in [1.29, 1.82) is 0 Å². The van der Waals surface area contributed by atoms with Gasteiger partial charge in [0.25, 0.3) is 0 Å². The van der Waals surface area contributed by atoms with Crippen molar-refractivity contribution >= 4 is 11.6 Å². The van der Waals surface area contributed by atoms with Gasteiger partial charge in [-0.2, -0.15) is 0 Å². The molecule has 0 aliphatic rings. The van der Waals surface area contributed by atoms with Crippen molar-refractivity contribution in [1.82, 2.24) is 4.98 Å². The Morgan fingerprint density at radius 3 is 3.00 bits per heavy atom. The van der Waals surface area contributed by atoms with E-state index < -0.39 is 0 Å². The molecule has 16 heavy (non-hydrogen) atoms. The minimum absolute atomic E-state index is 0.399. The number of hydrogen-bond donors (Lipinski definition) is 0. The van der Waals surface area contributed by atoms with Crippen LogP contribution in [0.4, 0.5) is 0 Å². The lowest BCUT2D eigenvalue weighted by Gasteiger charge is -2.07. The molecule has 0 fully saturated rings. The summed E-state index contributed by atoms with van der Waals surface area (Å²) in [5, 5.41) is 0.581. The molecule has 0 saturated carbocycles. The lowest BCUT2D eigenvalue weighted by Crippen LogP contribution is -1.95. The first kappa shape index (κ1) is 12.8. The van der Waals surface area contributed by atoms with Crippen molar-refractivity contribution in [3.63, 3.8) is 0 Å². The molecule has 1 aromatic heterocycles. The van der Waals surface area contributed by atoms with Crippen molar-refractivity contribution in [2.75, 3.05) is 0 Å². The maximum atomic E-state index is 5.99. The van der Waals surface area contributed by atoms with E-state index in [9.17, 15) is 0 Å². The first-order valence-electron chi connectivity index (χ1n) is 5.31. The summed E-state index contributed by atoms with van der Waals surface area (Å²) in [4.78, 5) is 4.14. The molecule has 1 rings (SSSR count). The minimum Gasteiger partial charge on any atom is -0.486 e. The van der Waals surface area contributed by atoms with E-state index in [-0.39, 0.29) is 0 Å². The zero-order valence-electron chi connectivity index (χ0n) is 9.45. The van der Waals surface area contributed by atoms with Gasteiger partial charge in [-0.15, -0.1) is 0 Å². The Labute approximate surface area is 102 Å². The monoisotopic (exact) mass is 237 g/mol. The Morgan fingerprint density at radius 2 is 2.38 bits per heavy atom. The van der Waals surface area contributed by atoms with Crippen molar-refractivity contribution in [2.45, 2.75) is 26.4 Å². The van der Waals surface area contributed by atoms with Crippen molar-refractivity contribution in [3.05, 3.63) is 53.5 Å². The van der Waals surface area contributed by atoms with E-state index in [1.165, 1.54) is 0 Å². The molecule has 0 aromatic carbocycles. The summed E-state index contributed by atoms with van der Waals surface area (Å²) in [5.41, 5.74) is 0.864. The molecule has 0 aliphatic carbocycles. The van der Waals surface area contributed by atoms with Gasteiger partial charge in [-0.25, -0.2) is 0 Å². The number of unbranched alkanes of at least 4 members (excludes halogenated alkanes) is 1. The Hall–Kier alpha value is -1.28. The molecule has 2 nitrogen and oxygen atoms in total. The summed E-state index contributed by atoms with van der Waals surface area (Å²) in [5.74, 6) is 0.501. The summed E-state index contributed by atoms with van der Waals surface area (Å²) >= 11 is 5.99. The van der Waals surface area contributed by atoms with Gasteiger partial charge >= 0.3 is 0 Å². The van der Waals surface area contributed by atoms with E-state index in [1.54, 1.807) is 6.20 Å². The Morgan fingerprint density at radius 1 is 1.56 bits per heavy atom. The standard InChI is InChI=1S/C13H16ClNO/c1-3-4-8-13(14)11(2)16-10-12-7-5-6-9-15-12/h5-9H,2-4,10H2,1H3/b13-8+. The van der Waals surface area contributed by atoms with Crippen molar-refractivity contribution < 1.29 is 4.74 Å². The molecule has 1 aromatic rings. The summed E-state index contributed by atoms with van der Waals surface area (Å²) in [7, 11) is 0.